The number of carbonyl (C=O) groups excluding carboxylic acids is 1. The van der Waals surface area contributed by atoms with Gasteiger partial charge in [0.25, 0.3) is 0 Å². The first-order chi connectivity index (χ1) is 12.6. The van der Waals surface area contributed by atoms with Gasteiger partial charge in [0.15, 0.2) is 11.2 Å². The maximum Gasteiger partial charge on any atom is 0.195 e. The molecule has 0 saturated carbocycles. The third-order valence-corrected chi connectivity index (χ3v) is 5.63. The van der Waals surface area contributed by atoms with Gasteiger partial charge in [0.2, 0.25) is 0 Å². The highest BCUT2D eigenvalue weighted by atomic mass is 32.1. The summed E-state index contributed by atoms with van der Waals surface area (Å²) in [5, 5.41) is 2.08. The Hall–Kier alpha value is -2.72. The molecule has 0 aliphatic heterocycles. The van der Waals surface area contributed by atoms with Crippen LogP contribution in [0.4, 0.5) is 0 Å². The Kier molecular flexibility index (Phi) is 4.21. The van der Waals surface area contributed by atoms with Gasteiger partial charge in [-0.15, -0.1) is 11.3 Å². The van der Waals surface area contributed by atoms with Gasteiger partial charge in [-0.3, -0.25) is 9.20 Å². The van der Waals surface area contributed by atoms with Crippen LogP contribution >= 0.6 is 11.3 Å². The normalized spacial score (nSPS) is 11.2. The third kappa shape index (κ3) is 2.67. The SMILES string of the molecule is CCc1ccc(-c2nc3scc(-c4ccc(C)cc4C)n3c2C=O)cc1. The number of rotatable bonds is 4. The molecule has 2 aromatic carbocycles. The molecular weight excluding hydrogens is 340 g/mol. The molecule has 2 heterocycles. The van der Waals surface area contributed by atoms with E-state index in [0.29, 0.717) is 5.69 Å². The molecule has 0 N–H and O–H groups in total. The lowest BCUT2D eigenvalue weighted by Crippen LogP contribution is -1.95. The first kappa shape index (κ1) is 16.7. The van der Waals surface area contributed by atoms with Gasteiger partial charge in [-0.25, -0.2) is 4.98 Å². The molecule has 2 aromatic heterocycles. The van der Waals surface area contributed by atoms with Crippen LogP contribution in [0, 0.1) is 13.8 Å². The number of aldehydes is 1. The Morgan fingerprint density at radius 2 is 1.88 bits per heavy atom. The molecule has 0 atom stereocenters. The number of fused-ring (bicyclic) bond motifs is 1. The van der Waals surface area contributed by atoms with Crippen molar-refractivity contribution in [1.29, 1.82) is 0 Å². The molecule has 0 fully saturated rings. The van der Waals surface area contributed by atoms with Crippen molar-refractivity contribution in [2.45, 2.75) is 27.2 Å². The van der Waals surface area contributed by atoms with E-state index in [4.69, 9.17) is 4.98 Å². The molecule has 0 bridgehead atoms. The van der Waals surface area contributed by atoms with Crippen molar-refractivity contribution in [2.24, 2.45) is 0 Å². The average molecular weight is 360 g/mol. The van der Waals surface area contributed by atoms with E-state index in [9.17, 15) is 4.79 Å². The van der Waals surface area contributed by atoms with Crippen LogP contribution in [0.25, 0.3) is 27.5 Å². The van der Waals surface area contributed by atoms with Crippen LogP contribution in [0.5, 0.6) is 0 Å². The van der Waals surface area contributed by atoms with E-state index in [0.717, 1.165) is 40.2 Å². The Bertz CT molecular complexity index is 1100. The van der Waals surface area contributed by atoms with Crippen molar-refractivity contribution in [1.82, 2.24) is 9.38 Å². The van der Waals surface area contributed by atoms with E-state index in [1.165, 1.54) is 16.7 Å². The van der Waals surface area contributed by atoms with E-state index >= 15 is 0 Å². The molecule has 130 valence electrons. The zero-order valence-corrected chi connectivity index (χ0v) is 15.9. The fourth-order valence-corrected chi connectivity index (χ4v) is 4.28. The molecule has 0 unspecified atom stereocenters. The van der Waals surface area contributed by atoms with Crippen molar-refractivity contribution in [3.05, 3.63) is 70.2 Å². The van der Waals surface area contributed by atoms with Crippen LogP contribution in [-0.2, 0) is 6.42 Å². The van der Waals surface area contributed by atoms with Crippen LogP contribution in [0.15, 0.2) is 47.8 Å². The second-order valence-electron chi connectivity index (χ2n) is 6.57. The first-order valence-electron chi connectivity index (χ1n) is 8.74. The molecule has 0 radical (unpaired) electrons. The predicted molar refractivity (Wildman–Crippen MR) is 108 cm³/mol. The average Bonchev–Trinajstić information content (AvgIpc) is 3.21. The second kappa shape index (κ2) is 6.54. The summed E-state index contributed by atoms with van der Waals surface area (Å²) < 4.78 is 1.98. The molecule has 0 aliphatic rings. The van der Waals surface area contributed by atoms with Crippen LogP contribution in [-0.4, -0.2) is 15.7 Å². The van der Waals surface area contributed by atoms with Crippen molar-refractivity contribution in [2.75, 3.05) is 0 Å². The minimum Gasteiger partial charge on any atom is -0.296 e. The summed E-state index contributed by atoms with van der Waals surface area (Å²) >= 11 is 1.57. The van der Waals surface area contributed by atoms with E-state index in [-0.39, 0.29) is 0 Å². The van der Waals surface area contributed by atoms with Crippen molar-refractivity contribution >= 4 is 22.6 Å². The van der Waals surface area contributed by atoms with Crippen LogP contribution in [0.3, 0.4) is 0 Å². The molecule has 0 saturated heterocycles. The second-order valence-corrected chi connectivity index (χ2v) is 7.41. The summed E-state index contributed by atoms with van der Waals surface area (Å²) in [6.45, 7) is 6.33. The number of imidazole rings is 1. The first-order valence-corrected chi connectivity index (χ1v) is 9.62. The van der Waals surface area contributed by atoms with Gasteiger partial charge in [-0.1, -0.05) is 55.0 Å². The minimum absolute atomic E-state index is 0.612. The standard InChI is InChI=1S/C22H20N2OS/c1-4-16-6-8-17(9-7-16)21-19(12-25)24-20(13-26-22(24)23-21)18-10-5-14(2)11-15(18)3/h5-13H,4H2,1-3H3. The number of aryl methyl sites for hydroxylation is 3. The lowest BCUT2D eigenvalue weighted by molar-refractivity contribution is 0.111. The number of nitrogens with zero attached hydrogens (tertiary/aromatic N) is 2. The highest BCUT2D eigenvalue weighted by Gasteiger charge is 2.19. The number of hydrogen-bond acceptors (Lipinski definition) is 3. The molecule has 0 aliphatic carbocycles. The summed E-state index contributed by atoms with van der Waals surface area (Å²) in [6, 6.07) is 14.7. The Balaban J connectivity index is 1.92. The van der Waals surface area contributed by atoms with Crippen molar-refractivity contribution < 1.29 is 4.79 Å². The van der Waals surface area contributed by atoms with Gasteiger partial charge in [0.1, 0.15) is 11.4 Å². The van der Waals surface area contributed by atoms with Crippen molar-refractivity contribution in [3.63, 3.8) is 0 Å². The van der Waals surface area contributed by atoms with Crippen molar-refractivity contribution in [3.8, 4) is 22.5 Å². The Morgan fingerprint density at radius 1 is 1.12 bits per heavy atom. The number of benzene rings is 2. The molecule has 0 amide bonds. The highest BCUT2D eigenvalue weighted by Crippen LogP contribution is 2.33. The molecule has 4 aromatic rings. The minimum atomic E-state index is 0.612. The molecule has 4 heteroatoms. The molecule has 0 spiro atoms. The van der Waals surface area contributed by atoms with Crippen LogP contribution in [0.2, 0.25) is 0 Å². The number of thiazole rings is 1. The summed E-state index contributed by atoms with van der Waals surface area (Å²) in [6.07, 6.45) is 1.92. The van der Waals surface area contributed by atoms with Gasteiger partial charge in [0.05, 0.1) is 5.69 Å². The lowest BCUT2D eigenvalue weighted by atomic mass is 10.0. The molecule has 4 rings (SSSR count). The zero-order chi connectivity index (χ0) is 18.3. The topological polar surface area (TPSA) is 34.4 Å². The van der Waals surface area contributed by atoms with E-state index in [1.807, 2.05) is 4.40 Å². The lowest BCUT2D eigenvalue weighted by Gasteiger charge is -2.07. The van der Waals surface area contributed by atoms with Gasteiger partial charge in [0, 0.05) is 16.5 Å². The summed E-state index contributed by atoms with van der Waals surface area (Å²) in [5.74, 6) is 0. The summed E-state index contributed by atoms with van der Waals surface area (Å²) in [5.41, 5.74) is 8.20. The maximum absolute atomic E-state index is 12.0. The largest absolute Gasteiger partial charge is 0.296 e. The smallest absolute Gasteiger partial charge is 0.195 e. The number of hydrogen-bond donors (Lipinski definition) is 0. The quantitative estimate of drug-likeness (QED) is 0.436. The highest BCUT2D eigenvalue weighted by molar-refractivity contribution is 7.15. The van der Waals surface area contributed by atoms with Gasteiger partial charge >= 0.3 is 0 Å². The number of aromatic nitrogens is 2. The van der Waals surface area contributed by atoms with Crippen LogP contribution in [0.1, 0.15) is 34.1 Å². The van der Waals surface area contributed by atoms with Gasteiger partial charge in [-0.05, 0) is 31.4 Å². The predicted octanol–water partition coefficient (Wildman–Crippen LogP) is 5.72. The van der Waals surface area contributed by atoms with Gasteiger partial charge < -0.3 is 0 Å². The molecule has 3 nitrogen and oxygen atoms in total. The molecule has 26 heavy (non-hydrogen) atoms. The fourth-order valence-electron chi connectivity index (χ4n) is 3.39. The monoisotopic (exact) mass is 360 g/mol. The maximum atomic E-state index is 12.0. The number of carbonyl (C=O) groups is 1. The summed E-state index contributed by atoms with van der Waals surface area (Å²) in [4.78, 5) is 17.6. The Morgan fingerprint density at radius 3 is 2.54 bits per heavy atom. The van der Waals surface area contributed by atoms with Gasteiger partial charge in [-0.2, -0.15) is 0 Å². The van der Waals surface area contributed by atoms with E-state index in [1.54, 1.807) is 11.3 Å². The fraction of sp³-hybridized carbons (Fsp3) is 0.182. The van der Waals surface area contributed by atoms with Crippen LogP contribution < -0.4 is 0 Å². The molecular formula is C22H20N2OS. The van der Waals surface area contributed by atoms with E-state index in [2.05, 4.69) is 68.6 Å². The van der Waals surface area contributed by atoms with E-state index < -0.39 is 0 Å². The summed E-state index contributed by atoms with van der Waals surface area (Å²) in [7, 11) is 0. The zero-order valence-electron chi connectivity index (χ0n) is 15.1. The third-order valence-electron chi connectivity index (χ3n) is 4.80. The Labute approximate surface area is 157 Å².